The SMILES string of the molecule is C=C1C=CC(C(C)C)C(C(C)C)=C1.CC(C)C1=NC(C(C)C)C(C(C)C)CC1C(C)C.CC(C)C1=[N+](O)C(C(C)C)C(C(C)C)CC1C(C)C.Cc1ccc(C(C)C)c(C(C)C)c1. The summed E-state index contributed by atoms with van der Waals surface area (Å²) in [7, 11) is 0. The molecule has 362 valence electrons. The molecule has 0 saturated carbocycles. The van der Waals surface area contributed by atoms with E-state index in [2.05, 4.69) is 216 Å². The van der Waals surface area contributed by atoms with Gasteiger partial charge in [0.15, 0.2) is 0 Å². The molecule has 2 aliphatic heterocycles. The number of rotatable bonds is 12. The van der Waals surface area contributed by atoms with Crippen molar-refractivity contribution < 1.29 is 9.95 Å². The molecule has 1 aromatic carbocycles. The molecule has 63 heavy (non-hydrogen) atoms. The zero-order chi connectivity index (χ0) is 49.0. The van der Waals surface area contributed by atoms with Gasteiger partial charge in [-0.1, -0.05) is 220 Å². The third-order valence-corrected chi connectivity index (χ3v) is 14.5. The monoisotopic (exact) mass is 872 g/mol. The van der Waals surface area contributed by atoms with Gasteiger partial charge in [0.1, 0.15) is 0 Å². The van der Waals surface area contributed by atoms with Crippen LogP contribution in [-0.2, 0) is 0 Å². The Hall–Kier alpha value is -2.42. The Balaban J connectivity index is 0.000000426. The molecule has 0 fully saturated rings. The van der Waals surface area contributed by atoms with E-state index in [9.17, 15) is 5.21 Å². The molecule has 0 aromatic heterocycles. The van der Waals surface area contributed by atoms with E-state index in [1.165, 1.54) is 46.5 Å². The van der Waals surface area contributed by atoms with Gasteiger partial charge >= 0.3 is 0 Å². The maximum absolute atomic E-state index is 10.8. The summed E-state index contributed by atoms with van der Waals surface area (Å²) >= 11 is 0. The van der Waals surface area contributed by atoms with E-state index in [1.54, 1.807) is 4.74 Å². The summed E-state index contributed by atoms with van der Waals surface area (Å²) in [6.07, 6.45) is 9.24. The molecule has 0 amide bonds. The Morgan fingerprint density at radius 3 is 1.44 bits per heavy atom. The van der Waals surface area contributed by atoms with Crippen LogP contribution in [0.2, 0.25) is 0 Å². The molecule has 1 N–H and O–H groups in total. The summed E-state index contributed by atoms with van der Waals surface area (Å²) < 4.78 is 1.66. The molecule has 0 radical (unpaired) electrons. The van der Waals surface area contributed by atoms with Gasteiger partial charge in [-0.3, -0.25) is 10.2 Å². The molecule has 7 atom stereocenters. The van der Waals surface area contributed by atoms with Crippen LogP contribution in [0.3, 0.4) is 0 Å². The lowest BCUT2D eigenvalue weighted by atomic mass is 9.69. The maximum atomic E-state index is 10.8. The first-order valence-electron chi connectivity index (χ1n) is 26.1. The quantitative estimate of drug-likeness (QED) is 0.165. The van der Waals surface area contributed by atoms with E-state index >= 15 is 0 Å². The van der Waals surface area contributed by atoms with Gasteiger partial charge in [0.05, 0.1) is 6.04 Å². The molecule has 0 spiro atoms. The van der Waals surface area contributed by atoms with Crippen LogP contribution in [-0.4, -0.2) is 33.5 Å². The first-order valence-corrected chi connectivity index (χ1v) is 26.1. The fraction of sp³-hybridized carbons (Fsp3) is 0.767. The van der Waals surface area contributed by atoms with Crippen LogP contribution in [0.4, 0.5) is 0 Å². The van der Waals surface area contributed by atoms with Crippen molar-refractivity contribution in [2.45, 2.75) is 210 Å². The number of hydrogen-bond donors (Lipinski definition) is 1. The highest BCUT2D eigenvalue weighted by molar-refractivity contribution is 5.89. The zero-order valence-electron chi connectivity index (χ0n) is 46.4. The molecule has 7 unspecified atom stereocenters. The molecule has 4 rings (SSSR count). The summed E-state index contributed by atoms with van der Waals surface area (Å²) in [4.78, 5) is 5.20. The molecule has 3 nitrogen and oxygen atoms in total. The molecular weight excluding hydrogens is 765 g/mol. The largest absolute Gasteiger partial charge is 0.291 e. The minimum Gasteiger partial charge on any atom is -0.291 e. The summed E-state index contributed by atoms with van der Waals surface area (Å²) in [5, 5.41) is 10.8. The molecule has 1 aliphatic carbocycles. The number of hydroxylamine groups is 1. The minimum atomic E-state index is 0.271. The van der Waals surface area contributed by atoms with E-state index < -0.39 is 0 Å². The van der Waals surface area contributed by atoms with E-state index in [0.29, 0.717) is 88.9 Å². The first kappa shape index (κ1) is 58.6. The summed E-state index contributed by atoms with van der Waals surface area (Å²) in [6, 6.07) is 7.61. The average Bonchev–Trinajstić information content (AvgIpc) is 3.16. The van der Waals surface area contributed by atoms with Crippen LogP contribution < -0.4 is 0 Å². The lowest BCUT2D eigenvalue weighted by Crippen LogP contribution is -2.51. The van der Waals surface area contributed by atoms with Crippen molar-refractivity contribution in [3.05, 3.63) is 70.8 Å². The van der Waals surface area contributed by atoms with E-state index in [0.717, 1.165) is 23.3 Å². The molecule has 0 saturated heterocycles. The van der Waals surface area contributed by atoms with Crippen LogP contribution >= 0.6 is 0 Å². The highest BCUT2D eigenvalue weighted by atomic mass is 16.5. The van der Waals surface area contributed by atoms with Gasteiger partial charge in [-0.15, -0.1) is 0 Å². The van der Waals surface area contributed by atoms with E-state index in [-0.39, 0.29) is 6.04 Å². The highest BCUT2D eigenvalue weighted by Gasteiger charge is 2.48. The molecule has 3 aliphatic rings. The Bertz CT molecular complexity index is 1640. The lowest BCUT2D eigenvalue weighted by Gasteiger charge is -2.41. The Morgan fingerprint density at radius 1 is 0.556 bits per heavy atom. The van der Waals surface area contributed by atoms with Gasteiger partial charge in [0.2, 0.25) is 11.8 Å². The van der Waals surface area contributed by atoms with Crippen molar-refractivity contribution in [2.24, 2.45) is 93.8 Å². The van der Waals surface area contributed by atoms with Crippen LogP contribution in [0.25, 0.3) is 0 Å². The Morgan fingerprint density at radius 2 is 1.06 bits per heavy atom. The number of hydrogen-bond acceptors (Lipinski definition) is 2. The van der Waals surface area contributed by atoms with Crippen LogP contribution in [0.1, 0.15) is 208 Å². The fourth-order valence-corrected chi connectivity index (χ4v) is 10.8. The number of benzene rings is 1. The van der Waals surface area contributed by atoms with Crippen LogP contribution in [0.5, 0.6) is 0 Å². The van der Waals surface area contributed by atoms with Crippen molar-refractivity contribution in [2.75, 3.05) is 0 Å². The summed E-state index contributed by atoms with van der Waals surface area (Å²) in [5.74, 6) is 10.7. The standard InChI is InChI=1S/C17H34NO.C17H33N.2C13H20/c1-10(2)14-9-15(11(3)4)17(13(7)8)18(19)16(14)12(5)6;1-10(2)14-9-15(11(3)4)17(13(7)8)18-16(14)12(5)6;2*1-9(2)12-7-6-11(5)8-13(12)10(3)4/h10-16,19H,9H2,1-8H3;10-16H,9H2,1-8H3;6-10H,1-5H3;6-10,12H,5H2,1-4H3/q+1;;;. The molecular formula is C60H107N2O+. The fourth-order valence-electron chi connectivity index (χ4n) is 10.8. The minimum absolute atomic E-state index is 0.271. The van der Waals surface area contributed by atoms with Gasteiger partial charge in [-0.05, 0) is 112 Å². The summed E-state index contributed by atoms with van der Waals surface area (Å²) in [5.41, 5.74) is 9.79. The molecule has 1 aromatic rings. The second-order valence-electron chi connectivity index (χ2n) is 24.0. The predicted molar refractivity (Wildman–Crippen MR) is 283 cm³/mol. The van der Waals surface area contributed by atoms with Crippen LogP contribution in [0.15, 0.2) is 59.1 Å². The summed E-state index contributed by atoms with van der Waals surface area (Å²) in [6.45, 7) is 61.0. The second-order valence-corrected chi connectivity index (χ2v) is 24.0. The Labute approximate surface area is 394 Å². The van der Waals surface area contributed by atoms with Crippen molar-refractivity contribution in [1.82, 2.24) is 0 Å². The topological polar surface area (TPSA) is 35.6 Å². The van der Waals surface area contributed by atoms with Gasteiger partial charge in [-0.25, -0.2) is 0 Å². The third-order valence-electron chi connectivity index (χ3n) is 14.5. The smallest absolute Gasteiger partial charge is 0.210 e. The van der Waals surface area contributed by atoms with Gasteiger partial charge in [-0.2, -0.15) is 0 Å². The first-order chi connectivity index (χ1) is 29.0. The zero-order valence-corrected chi connectivity index (χ0v) is 46.4. The number of aliphatic imine (C=N–C) groups is 1. The molecule has 3 heteroatoms. The molecule has 0 bridgehead atoms. The predicted octanol–water partition coefficient (Wildman–Crippen LogP) is 17.7. The van der Waals surface area contributed by atoms with Crippen molar-refractivity contribution >= 4 is 11.4 Å². The molecule has 2 heterocycles. The number of allylic oxidation sites excluding steroid dienone is 5. The van der Waals surface area contributed by atoms with Crippen molar-refractivity contribution in [1.29, 1.82) is 0 Å². The highest BCUT2D eigenvalue weighted by Crippen LogP contribution is 2.40. The van der Waals surface area contributed by atoms with Crippen molar-refractivity contribution in [3.63, 3.8) is 0 Å². The van der Waals surface area contributed by atoms with Crippen LogP contribution in [0, 0.1) is 95.7 Å². The normalized spacial score (nSPS) is 24.3. The second kappa shape index (κ2) is 26.7. The maximum Gasteiger partial charge on any atom is 0.210 e. The van der Waals surface area contributed by atoms with Gasteiger partial charge in [0, 0.05) is 35.3 Å². The van der Waals surface area contributed by atoms with Crippen molar-refractivity contribution in [3.8, 4) is 0 Å². The third kappa shape index (κ3) is 17.1. The van der Waals surface area contributed by atoms with E-state index in [1.807, 2.05) is 0 Å². The number of aryl methyl sites for hydroxylation is 1. The average molecular weight is 873 g/mol. The van der Waals surface area contributed by atoms with E-state index in [4.69, 9.17) is 4.99 Å². The Kier molecular flexibility index (Phi) is 24.8. The van der Waals surface area contributed by atoms with Gasteiger partial charge < -0.3 is 0 Å². The van der Waals surface area contributed by atoms with Gasteiger partial charge in [0.25, 0.3) is 0 Å². The lowest BCUT2D eigenvalue weighted by molar-refractivity contribution is -0.814. The number of nitrogens with zero attached hydrogens (tertiary/aromatic N) is 2.